The second-order valence-electron chi connectivity index (χ2n) is 12.9. The molecule has 0 spiro atoms. The predicted molar refractivity (Wildman–Crippen MR) is 196 cm³/mol. The first-order valence-electron chi connectivity index (χ1n) is 16.4. The predicted octanol–water partition coefficient (Wildman–Crippen LogP) is 10.8. The smallest absolute Gasteiger partial charge is 0.164 e. The zero-order valence-electron chi connectivity index (χ0n) is 26.8. The molecular formula is C44H32N4. The summed E-state index contributed by atoms with van der Waals surface area (Å²) < 4.78 is 2.43. The van der Waals surface area contributed by atoms with Crippen molar-refractivity contribution in [2.75, 3.05) is 0 Å². The summed E-state index contributed by atoms with van der Waals surface area (Å²) in [6.07, 6.45) is 0. The first kappa shape index (κ1) is 28.1. The van der Waals surface area contributed by atoms with Crippen LogP contribution >= 0.6 is 0 Å². The third kappa shape index (κ3) is 4.41. The fourth-order valence-corrected chi connectivity index (χ4v) is 7.38. The molecule has 228 valence electrons. The quantitative estimate of drug-likeness (QED) is 0.198. The number of nitrogens with zero attached hydrogens (tertiary/aromatic N) is 4. The Hall–Kier alpha value is -6.13. The average molecular weight is 617 g/mol. The number of hydrogen-bond donors (Lipinski definition) is 0. The van der Waals surface area contributed by atoms with Crippen LogP contribution in [0.5, 0.6) is 0 Å². The molecule has 0 N–H and O–H groups in total. The van der Waals surface area contributed by atoms with Gasteiger partial charge in [0.25, 0.3) is 0 Å². The van der Waals surface area contributed by atoms with E-state index in [1.165, 1.54) is 38.9 Å². The monoisotopic (exact) mass is 616 g/mol. The Kier molecular flexibility index (Phi) is 6.44. The summed E-state index contributed by atoms with van der Waals surface area (Å²) in [5.74, 6) is 1.94. The minimum absolute atomic E-state index is 0.188. The molecule has 1 aliphatic rings. The number of hydrogen-bond acceptors (Lipinski definition) is 3. The molecule has 0 aliphatic heterocycles. The molecule has 9 rings (SSSR count). The van der Waals surface area contributed by atoms with Crippen molar-refractivity contribution in [3.05, 3.63) is 169 Å². The molecular weight excluding hydrogens is 585 g/mol. The largest absolute Gasteiger partial charge is 0.309 e. The Morgan fingerprint density at radius 3 is 1.62 bits per heavy atom. The molecule has 0 bridgehead atoms. The number of benzene rings is 6. The Balaban J connectivity index is 1.32. The first-order chi connectivity index (χ1) is 23.6. The van der Waals surface area contributed by atoms with Gasteiger partial charge in [-0.1, -0.05) is 153 Å². The maximum atomic E-state index is 5.04. The Bertz CT molecular complexity index is 2420. The van der Waals surface area contributed by atoms with Crippen LogP contribution in [0, 0.1) is 0 Å². The van der Waals surface area contributed by atoms with E-state index in [1.54, 1.807) is 0 Å². The maximum Gasteiger partial charge on any atom is 0.164 e. The van der Waals surface area contributed by atoms with Crippen molar-refractivity contribution >= 4 is 10.9 Å². The topological polar surface area (TPSA) is 43.6 Å². The molecule has 0 amide bonds. The molecule has 0 saturated heterocycles. The maximum absolute atomic E-state index is 5.04. The van der Waals surface area contributed by atoms with Gasteiger partial charge in [0.05, 0.1) is 11.2 Å². The number of rotatable bonds is 4. The van der Waals surface area contributed by atoms with E-state index in [0.29, 0.717) is 17.5 Å². The van der Waals surface area contributed by atoms with Gasteiger partial charge in [-0.2, -0.15) is 0 Å². The van der Waals surface area contributed by atoms with Crippen LogP contribution in [-0.4, -0.2) is 19.5 Å². The third-order valence-corrected chi connectivity index (χ3v) is 9.66. The van der Waals surface area contributed by atoms with Crippen molar-refractivity contribution in [1.29, 1.82) is 0 Å². The molecule has 6 aromatic carbocycles. The van der Waals surface area contributed by atoms with Crippen molar-refractivity contribution in [2.24, 2.45) is 0 Å². The van der Waals surface area contributed by atoms with Gasteiger partial charge in [0, 0.05) is 44.3 Å². The standard InChI is InChI=1S/C44H32N4/c1-44(2)36-25-12-9-22-33(36)39-35-24-11-14-27-38(35)48(40(39)34-23-10-13-26-37(34)44)32-21-15-20-31(28-32)43-46-41(29-16-5-3-6-17-29)45-42(47-43)30-18-7-4-8-19-30/h3-28H,1-2H3. The summed E-state index contributed by atoms with van der Waals surface area (Å²) >= 11 is 0. The lowest BCUT2D eigenvalue weighted by atomic mass is 9.75. The fraction of sp³-hybridized carbons (Fsp3) is 0.0682. The zero-order chi connectivity index (χ0) is 32.2. The van der Waals surface area contributed by atoms with Crippen molar-refractivity contribution in [3.8, 4) is 62.2 Å². The summed E-state index contributed by atoms with van der Waals surface area (Å²) in [4.78, 5) is 15.0. The van der Waals surface area contributed by atoms with Gasteiger partial charge >= 0.3 is 0 Å². The minimum atomic E-state index is -0.188. The highest BCUT2D eigenvalue weighted by atomic mass is 15.0. The molecule has 0 unspecified atom stereocenters. The molecule has 0 saturated carbocycles. The fourth-order valence-electron chi connectivity index (χ4n) is 7.38. The van der Waals surface area contributed by atoms with Crippen LogP contribution in [0.3, 0.4) is 0 Å². The van der Waals surface area contributed by atoms with E-state index in [0.717, 1.165) is 27.9 Å². The lowest BCUT2D eigenvalue weighted by Crippen LogP contribution is -2.20. The minimum Gasteiger partial charge on any atom is -0.309 e. The van der Waals surface area contributed by atoms with Crippen LogP contribution in [0.15, 0.2) is 158 Å². The Morgan fingerprint density at radius 1 is 0.458 bits per heavy atom. The Labute approximate surface area is 280 Å². The second kappa shape index (κ2) is 11.0. The highest BCUT2D eigenvalue weighted by Crippen LogP contribution is 2.52. The van der Waals surface area contributed by atoms with Crippen LogP contribution in [0.1, 0.15) is 25.0 Å². The molecule has 8 aromatic rings. The van der Waals surface area contributed by atoms with E-state index in [9.17, 15) is 0 Å². The summed E-state index contributed by atoms with van der Waals surface area (Å²) in [6.45, 7) is 4.69. The average Bonchev–Trinajstić information content (AvgIpc) is 3.47. The first-order valence-corrected chi connectivity index (χ1v) is 16.4. The van der Waals surface area contributed by atoms with E-state index in [1.807, 2.05) is 60.7 Å². The van der Waals surface area contributed by atoms with Crippen molar-refractivity contribution in [1.82, 2.24) is 19.5 Å². The van der Waals surface area contributed by atoms with Gasteiger partial charge in [0.1, 0.15) is 0 Å². The molecule has 4 heteroatoms. The van der Waals surface area contributed by atoms with E-state index >= 15 is 0 Å². The highest BCUT2D eigenvalue weighted by Gasteiger charge is 2.36. The molecule has 4 nitrogen and oxygen atoms in total. The van der Waals surface area contributed by atoms with E-state index in [-0.39, 0.29) is 5.41 Å². The molecule has 0 atom stereocenters. The van der Waals surface area contributed by atoms with E-state index in [2.05, 4.69) is 115 Å². The zero-order valence-corrected chi connectivity index (χ0v) is 26.8. The lowest BCUT2D eigenvalue weighted by molar-refractivity contribution is 0.646. The third-order valence-electron chi connectivity index (χ3n) is 9.66. The van der Waals surface area contributed by atoms with Crippen LogP contribution in [-0.2, 0) is 5.41 Å². The normalized spacial score (nSPS) is 13.0. The van der Waals surface area contributed by atoms with Gasteiger partial charge < -0.3 is 4.57 Å². The van der Waals surface area contributed by atoms with E-state index in [4.69, 9.17) is 15.0 Å². The summed E-state index contributed by atoms with van der Waals surface area (Å²) in [6, 6.07) is 55.5. The van der Waals surface area contributed by atoms with Gasteiger partial charge in [-0.3, -0.25) is 0 Å². The lowest BCUT2D eigenvalue weighted by Gasteiger charge is -2.28. The second-order valence-corrected chi connectivity index (χ2v) is 12.9. The van der Waals surface area contributed by atoms with Gasteiger partial charge in [-0.05, 0) is 34.9 Å². The molecule has 2 heterocycles. The molecule has 1 aliphatic carbocycles. The van der Waals surface area contributed by atoms with Crippen molar-refractivity contribution < 1.29 is 0 Å². The van der Waals surface area contributed by atoms with Crippen LogP contribution in [0.25, 0.3) is 73.1 Å². The number of aromatic nitrogens is 4. The van der Waals surface area contributed by atoms with Crippen molar-refractivity contribution in [3.63, 3.8) is 0 Å². The number of para-hydroxylation sites is 1. The van der Waals surface area contributed by atoms with Gasteiger partial charge in [-0.15, -0.1) is 0 Å². The van der Waals surface area contributed by atoms with Crippen molar-refractivity contribution in [2.45, 2.75) is 19.3 Å². The molecule has 48 heavy (non-hydrogen) atoms. The SMILES string of the molecule is CC1(C)c2ccccc2-c2c(n(-c3cccc(-c4nc(-c5ccccc5)nc(-c5ccccc5)n4)c3)c3ccccc23)-c2ccccc21. The molecule has 0 fully saturated rings. The number of fused-ring (bicyclic) bond motifs is 7. The summed E-state index contributed by atoms with van der Waals surface area (Å²) in [5, 5.41) is 1.23. The summed E-state index contributed by atoms with van der Waals surface area (Å²) in [7, 11) is 0. The van der Waals surface area contributed by atoms with Crippen LogP contribution in [0.4, 0.5) is 0 Å². The van der Waals surface area contributed by atoms with Gasteiger partial charge in [0.15, 0.2) is 17.5 Å². The molecule has 2 aromatic heterocycles. The van der Waals surface area contributed by atoms with E-state index < -0.39 is 0 Å². The van der Waals surface area contributed by atoms with Crippen LogP contribution in [0.2, 0.25) is 0 Å². The Morgan fingerprint density at radius 2 is 0.958 bits per heavy atom. The van der Waals surface area contributed by atoms with Gasteiger partial charge in [-0.25, -0.2) is 15.0 Å². The summed E-state index contributed by atoms with van der Waals surface area (Å²) in [5.41, 5.74) is 12.5. The van der Waals surface area contributed by atoms with Gasteiger partial charge in [0.2, 0.25) is 0 Å². The van der Waals surface area contributed by atoms with Crippen LogP contribution < -0.4 is 0 Å². The highest BCUT2D eigenvalue weighted by molar-refractivity contribution is 6.08. The molecule has 0 radical (unpaired) electrons.